The van der Waals surface area contributed by atoms with Gasteiger partial charge >= 0.3 is 6.03 Å². The molecule has 0 aliphatic heterocycles. The van der Waals surface area contributed by atoms with Crippen molar-refractivity contribution in [2.45, 2.75) is 20.4 Å². The van der Waals surface area contributed by atoms with Gasteiger partial charge in [-0.15, -0.1) is 0 Å². The van der Waals surface area contributed by atoms with Crippen LogP contribution in [0, 0.1) is 13.8 Å². The number of rotatable bonds is 2. The van der Waals surface area contributed by atoms with Crippen molar-refractivity contribution in [2.75, 3.05) is 0 Å². The van der Waals surface area contributed by atoms with Crippen molar-refractivity contribution in [3.8, 4) is 0 Å². The first-order valence-corrected chi connectivity index (χ1v) is 4.19. The van der Waals surface area contributed by atoms with Crippen LogP contribution in [0.25, 0.3) is 0 Å². The maximum atomic E-state index is 10.4. The Labute approximate surface area is 77.9 Å². The van der Waals surface area contributed by atoms with E-state index >= 15 is 0 Å². The van der Waals surface area contributed by atoms with E-state index in [0.717, 1.165) is 5.56 Å². The lowest BCUT2D eigenvalue weighted by Gasteiger charge is -2.05. The number of benzene rings is 1. The topological polar surface area (TPSA) is 55.1 Å². The van der Waals surface area contributed by atoms with Crippen molar-refractivity contribution in [2.24, 2.45) is 5.73 Å². The zero-order valence-electron chi connectivity index (χ0n) is 7.92. The van der Waals surface area contributed by atoms with Crippen LogP contribution >= 0.6 is 0 Å². The van der Waals surface area contributed by atoms with Gasteiger partial charge in [0.15, 0.2) is 0 Å². The zero-order valence-corrected chi connectivity index (χ0v) is 7.92. The zero-order chi connectivity index (χ0) is 9.84. The second-order valence-electron chi connectivity index (χ2n) is 3.14. The van der Waals surface area contributed by atoms with Gasteiger partial charge in [0.2, 0.25) is 0 Å². The van der Waals surface area contributed by atoms with E-state index in [-0.39, 0.29) is 0 Å². The van der Waals surface area contributed by atoms with E-state index in [4.69, 9.17) is 5.73 Å². The fraction of sp³-hybridized carbons (Fsp3) is 0.300. The predicted octanol–water partition coefficient (Wildman–Crippen LogP) is 1.47. The molecule has 0 aliphatic rings. The Morgan fingerprint density at radius 1 is 1.38 bits per heavy atom. The summed E-state index contributed by atoms with van der Waals surface area (Å²) >= 11 is 0. The Morgan fingerprint density at radius 3 is 2.62 bits per heavy atom. The van der Waals surface area contributed by atoms with Crippen LogP contribution in [0.2, 0.25) is 0 Å². The average Bonchev–Trinajstić information content (AvgIpc) is 2.07. The second kappa shape index (κ2) is 3.94. The molecule has 0 saturated carbocycles. The molecule has 1 aromatic carbocycles. The Balaban J connectivity index is 2.68. The molecule has 0 saturated heterocycles. The highest BCUT2D eigenvalue weighted by Crippen LogP contribution is 2.09. The van der Waals surface area contributed by atoms with Gasteiger partial charge in [0, 0.05) is 6.54 Å². The lowest BCUT2D eigenvalue weighted by atomic mass is 10.1. The Hall–Kier alpha value is -1.51. The number of aryl methyl sites for hydroxylation is 2. The molecule has 3 nitrogen and oxygen atoms in total. The van der Waals surface area contributed by atoms with Gasteiger partial charge in [0.1, 0.15) is 0 Å². The fourth-order valence-corrected chi connectivity index (χ4v) is 1.10. The van der Waals surface area contributed by atoms with Gasteiger partial charge in [0.25, 0.3) is 0 Å². The Morgan fingerprint density at radius 2 is 2.08 bits per heavy atom. The van der Waals surface area contributed by atoms with Gasteiger partial charge in [0.05, 0.1) is 0 Å². The molecule has 0 bridgehead atoms. The van der Waals surface area contributed by atoms with Crippen LogP contribution in [0.1, 0.15) is 16.7 Å². The first kappa shape index (κ1) is 9.58. The summed E-state index contributed by atoms with van der Waals surface area (Å²) in [6.07, 6.45) is 0. The van der Waals surface area contributed by atoms with E-state index in [2.05, 4.69) is 12.2 Å². The van der Waals surface area contributed by atoms with Gasteiger partial charge in [-0.25, -0.2) is 4.79 Å². The molecule has 1 rings (SSSR count). The summed E-state index contributed by atoms with van der Waals surface area (Å²) in [6, 6.07) is 5.58. The largest absolute Gasteiger partial charge is 0.352 e. The van der Waals surface area contributed by atoms with Crippen molar-refractivity contribution >= 4 is 6.03 Å². The molecule has 0 radical (unpaired) electrons. The number of nitrogens with one attached hydrogen (secondary N) is 1. The third-order valence-electron chi connectivity index (χ3n) is 2.04. The highest BCUT2D eigenvalue weighted by atomic mass is 16.2. The molecule has 13 heavy (non-hydrogen) atoms. The summed E-state index contributed by atoms with van der Waals surface area (Å²) in [5, 5.41) is 2.55. The number of hydrogen-bond donors (Lipinski definition) is 2. The molecule has 0 aliphatic carbocycles. The van der Waals surface area contributed by atoms with Gasteiger partial charge in [-0.2, -0.15) is 0 Å². The molecule has 0 unspecified atom stereocenters. The van der Waals surface area contributed by atoms with Crippen molar-refractivity contribution < 1.29 is 4.79 Å². The third kappa shape index (κ3) is 2.78. The fourth-order valence-electron chi connectivity index (χ4n) is 1.10. The summed E-state index contributed by atoms with van der Waals surface area (Å²) in [4.78, 5) is 10.4. The summed E-state index contributed by atoms with van der Waals surface area (Å²) in [5.41, 5.74) is 8.51. The van der Waals surface area contributed by atoms with Crippen molar-refractivity contribution in [3.05, 3.63) is 34.9 Å². The van der Waals surface area contributed by atoms with Gasteiger partial charge in [-0.1, -0.05) is 18.2 Å². The van der Waals surface area contributed by atoms with Gasteiger partial charge in [-0.05, 0) is 30.5 Å². The maximum absolute atomic E-state index is 10.4. The smallest absolute Gasteiger partial charge is 0.312 e. The van der Waals surface area contributed by atoms with Gasteiger partial charge in [-0.3, -0.25) is 0 Å². The molecule has 2 amide bonds. The van der Waals surface area contributed by atoms with E-state index in [1.54, 1.807) is 0 Å². The SMILES string of the molecule is Cc1ccc(CNC(N)=O)cc1C. The average molecular weight is 178 g/mol. The van der Waals surface area contributed by atoms with E-state index in [1.165, 1.54) is 11.1 Å². The van der Waals surface area contributed by atoms with Crippen LogP contribution in [0.5, 0.6) is 0 Å². The predicted molar refractivity (Wildman–Crippen MR) is 52.3 cm³/mol. The summed E-state index contributed by atoms with van der Waals surface area (Å²) < 4.78 is 0. The molecule has 0 fully saturated rings. The lowest BCUT2D eigenvalue weighted by Crippen LogP contribution is -2.28. The van der Waals surface area contributed by atoms with Crippen LogP contribution < -0.4 is 11.1 Å². The van der Waals surface area contributed by atoms with Gasteiger partial charge < -0.3 is 11.1 Å². The molecule has 0 aromatic heterocycles. The number of nitrogens with two attached hydrogens (primary N) is 1. The quantitative estimate of drug-likeness (QED) is 0.708. The highest BCUT2D eigenvalue weighted by molar-refractivity contribution is 5.71. The molecule has 0 heterocycles. The summed E-state index contributed by atoms with van der Waals surface area (Å²) in [5.74, 6) is 0. The van der Waals surface area contributed by atoms with Crippen LogP contribution in [-0.2, 0) is 6.54 Å². The normalized spacial score (nSPS) is 9.69. The van der Waals surface area contributed by atoms with E-state index in [0.29, 0.717) is 6.54 Å². The summed E-state index contributed by atoms with van der Waals surface area (Å²) in [7, 11) is 0. The molecule has 0 atom stereocenters. The molecular weight excluding hydrogens is 164 g/mol. The van der Waals surface area contributed by atoms with Crippen molar-refractivity contribution in [1.82, 2.24) is 5.32 Å². The lowest BCUT2D eigenvalue weighted by molar-refractivity contribution is 0.248. The minimum atomic E-state index is -0.488. The van der Waals surface area contributed by atoms with E-state index < -0.39 is 6.03 Å². The molecule has 70 valence electrons. The molecule has 0 spiro atoms. The number of amides is 2. The number of urea groups is 1. The molecule has 1 aromatic rings. The van der Waals surface area contributed by atoms with E-state index in [9.17, 15) is 4.79 Å². The van der Waals surface area contributed by atoms with Crippen LogP contribution in [0.15, 0.2) is 18.2 Å². The number of primary amides is 1. The first-order valence-electron chi connectivity index (χ1n) is 4.19. The minimum Gasteiger partial charge on any atom is -0.352 e. The van der Waals surface area contributed by atoms with Crippen LogP contribution in [-0.4, -0.2) is 6.03 Å². The molecular formula is C10H14N2O. The minimum absolute atomic E-state index is 0.488. The highest BCUT2D eigenvalue weighted by Gasteiger charge is 1.97. The first-order chi connectivity index (χ1) is 6.09. The summed E-state index contributed by atoms with van der Waals surface area (Å²) in [6.45, 7) is 4.60. The molecule has 3 N–H and O–H groups in total. The van der Waals surface area contributed by atoms with Crippen molar-refractivity contribution in [3.63, 3.8) is 0 Å². The van der Waals surface area contributed by atoms with Crippen LogP contribution in [0.3, 0.4) is 0 Å². The molecule has 3 heteroatoms. The number of carbonyl (C=O) groups excluding carboxylic acids is 1. The van der Waals surface area contributed by atoms with E-state index in [1.807, 2.05) is 25.1 Å². The van der Waals surface area contributed by atoms with Crippen LogP contribution in [0.4, 0.5) is 4.79 Å². The van der Waals surface area contributed by atoms with Crippen molar-refractivity contribution in [1.29, 1.82) is 0 Å². The monoisotopic (exact) mass is 178 g/mol. The Kier molecular flexibility index (Phi) is 2.90. The Bertz CT molecular complexity index is 321. The second-order valence-corrected chi connectivity index (χ2v) is 3.14. The third-order valence-corrected chi connectivity index (χ3v) is 2.04. The number of hydrogen-bond acceptors (Lipinski definition) is 1. The standard InChI is InChI=1S/C10H14N2O/c1-7-3-4-9(5-8(7)2)6-12-10(11)13/h3-5H,6H2,1-2H3,(H3,11,12,13). The number of carbonyl (C=O) groups is 1. The maximum Gasteiger partial charge on any atom is 0.312 e.